The summed E-state index contributed by atoms with van der Waals surface area (Å²) in [6.45, 7) is 4.39. The van der Waals surface area contributed by atoms with Gasteiger partial charge in [-0.3, -0.25) is 0 Å². The Morgan fingerprint density at radius 3 is 2.44 bits per heavy atom. The van der Waals surface area contributed by atoms with Crippen LogP contribution in [0.4, 0.5) is 0 Å². The van der Waals surface area contributed by atoms with Gasteiger partial charge in [-0.1, -0.05) is 25.5 Å². The molecule has 0 bridgehead atoms. The van der Waals surface area contributed by atoms with E-state index in [-0.39, 0.29) is 0 Å². The Labute approximate surface area is 58.0 Å². The number of hydrogen-bond acceptors (Lipinski definition) is 0. The maximum absolute atomic E-state index is 2.39. The summed E-state index contributed by atoms with van der Waals surface area (Å²) in [5.41, 5.74) is 0.670. The van der Waals surface area contributed by atoms with E-state index in [1.54, 1.807) is 0 Å². The molecule has 0 atom stereocenters. The first kappa shape index (κ1) is 6.85. The van der Waals surface area contributed by atoms with E-state index in [0.717, 1.165) is 0 Å². The highest BCUT2D eigenvalue weighted by molar-refractivity contribution is 5.07. The molecule has 1 aliphatic carbocycles. The van der Waals surface area contributed by atoms with Crippen molar-refractivity contribution in [3.8, 4) is 0 Å². The standard InChI is InChI=1S/C9H16/c1-3-5-9(6-4-2)7-8-9/h3,5H,4,6-8H2,1-2H3. The quantitative estimate of drug-likeness (QED) is 0.507. The smallest absolute Gasteiger partial charge is 0.0118 e. The largest absolute Gasteiger partial charge is 0.0911 e. The van der Waals surface area contributed by atoms with Crippen molar-refractivity contribution >= 4 is 0 Å². The van der Waals surface area contributed by atoms with Gasteiger partial charge in [-0.25, -0.2) is 0 Å². The maximum atomic E-state index is 2.39. The van der Waals surface area contributed by atoms with Crippen LogP contribution in [-0.4, -0.2) is 0 Å². The summed E-state index contributed by atoms with van der Waals surface area (Å²) in [6, 6.07) is 0. The molecule has 9 heavy (non-hydrogen) atoms. The molecule has 1 aliphatic rings. The van der Waals surface area contributed by atoms with Gasteiger partial charge in [-0.05, 0) is 31.6 Å². The molecular formula is C9H16. The second-order valence-electron chi connectivity index (χ2n) is 3.11. The van der Waals surface area contributed by atoms with Gasteiger partial charge in [0.15, 0.2) is 0 Å². The second kappa shape index (κ2) is 2.55. The van der Waals surface area contributed by atoms with Crippen LogP contribution >= 0.6 is 0 Å². The van der Waals surface area contributed by atoms with Gasteiger partial charge < -0.3 is 0 Å². The van der Waals surface area contributed by atoms with E-state index < -0.39 is 0 Å². The van der Waals surface area contributed by atoms with Crippen molar-refractivity contribution in [2.45, 2.75) is 39.5 Å². The maximum Gasteiger partial charge on any atom is -0.0118 e. The first-order chi connectivity index (χ1) is 4.33. The molecule has 0 nitrogen and oxygen atoms in total. The Balaban J connectivity index is 2.33. The third-order valence-electron chi connectivity index (χ3n) is 2.16. The molecule has 1 fully saturated rings. The Morgan fingerprint density at radius 2 is 2.11 bits per heavy atom. The van der Waals surface area contributed by atoms with E-state index in [0.29, 0.717) is 5.41 Å². The average Bonchev–Trinajstić information content (AvgIpc) is 2.51. The van der Waals surface area contributed by atoms with E-state index in [4.69, 9.17) is 0 Å². The molecule has 0 amide bonds. The Kier molecular flexibility index (Phi) is 1.94. The van der Waals surface area contributed by atoms with Crippen LogP contribution in [-0.2, 0) is 0 Å². The summed E-state index contributed by atoms with van der Waals surface area (Å²) in [4.78, 5) is 0. The molecule has 0 aliphatic heterocycles. The Hall–Kier alpha value is -0.260. The summed E-state index contributed by atoms with van der Waals surface area (Å²) in [7, 11) is 0. The van der Waals surface area contributed by atoms with Crippen LogP contribution in [0.3, 0.4) is 0 Å². The van der Waals surface area contributed by atoms with Crippen molar-refractivity contribution in [3.63, 3.8) is 0 Å². The molecule has 0 spiro atoms. The van der Waals surface area contributed by atoms with Crippen LogP contribution < -0.4 is 0 Å². The van der Waals surface area contributed by atoms with Crippen LogP contribution in [0.25, 0.3) is 0 Å². The predicted molar refractivity (Wildman–Crippen MR) is 41.4 cm³/mol. The van der Waals surface area contributed by atoms with Gasteiger partial charge in [0.05, 0.1) is 0 Å². The summed E-state index contributed by atoms with van der Waals surface area (Å²) in [5, 5.41) is 0. The van der Waals surface area contributed by atoms with E-state index in [1.165, 1.54) is 25.7 Å². The molecule has 0 heteroatoms. The van der Waals surface area contributed by atoms with Crippen molar-refractivity contribution in [3.05, 3.63) is 12.2 Å². The molecular weight excluding hydrogens is 108 g/mol. The van der Waals surface area contributed by atoms with Gasteiger partial charge in [0, 0.05) is 0 Å². The van der Waals surface area contributed by atoms with Crippen molar-refractivity contribution in [1.29, 1.82) is 0 Å². The Bertz CT molecular complexity index is 107. The minimum Gasteiger partial charge on any atom is -0.0911 e. The first-order valence-corrected chi connectivity index (χ1v) is 3.97. The van der Waals surface area contributed by atoms with Gasteiger partial charge in [-0.15, -0.1) is 0 Å². The van der Waals surface area contributed by atoms with Gasteiger partial charge in [0.25, 0.3) is 0 Å². The minimum absolute atomic E-state index is 0.670. The van der Waals surface area contributed by atoms with Crippen molar-refractivity contribution < 1.29 is 0 Å². The molecule has 0 heterocycles. The summed E-state index contributed by atoms with van der Waals surface area (Å²) >= 11 is 0. The van der Waals surface area contributed by atoms with Crippen LogP contribution in [0.1, 0.15) is 39.5 Å². The van der Waals surface area contributed by atoms with Crippen LogP contribution in [0.15, 0.2) is 12.2 Å². The highest BCUT2D eigenvalue weighted by Crippen LogP contribution is 2.50. The molecule has 0 aromatic rings. The van der Waals surface area contributed by atoms with Gasteiger partial charge in [0.2, 0.25) is 0 Å². The zero-order chi connectivity index (χ0) is 6.74. The molecule has 0 N–H and O–H groups in total. The third kappa shape index (κ3) is 1.57. The lowest BCUT2D eigenvalue weighted by Crippen LogP contribution is -1.92. The van der Waals surface area contributed by atoms with Gasteiger partial charge in [-0.2, -0.15) is 0 Å². The first-order valence-electron chi connectivity index (χ1n) is 3.97. The van der Waals surface area contributed by atoms with E-state index >= 15 is 0 Å². The van der Waals surface area contributed by atoms with E-state index in [1.807, 2.05) is 0 Å². The van der Waals surface area contributed by atoms with Crippen LogP contribution in [0.5, 0.6) is 0 Å². The normalized spacial score (nSPS) is 22.9. The molecule has 0 saturated heterocycles. The van der Waals surface area contributed by atoms with E-state index in [9.17, 15) is 0 Å². The summed E-state index contributed by atoms with van der Waals surface area (Å²) < 4.78 is 0. The molecule has 1 saturated carbocycles. The fourth-order valence-electron chi connectivity index (χ4n) is 1.51. The van der Waals surface area contributed by atoms with Crippen molar-refractivity contribution in [2.24, 2.45) is 5.41 Å². The number of rotatable bonds is 3. The highest BCUT2D eigenvalue weighted by Gasteiger charge is 2.38. The van der Waals surface area contributed by atoms with Crippen LogP contribution in [0, 0.1) is 5.41 Å². The summed E-state index contributed by atoms with van der Waals surface area (Å²) in [6.07, 6.45) is 10.2. The highest BCUT2D eigenvalue weighted by atomic mass is 14.4. The lowest BCUT2D eigenvalue weighted by Gasteiger charge is -2.05. The molecule has 0 unspecified atom stereocenters. The second-order valence-corrected chi connectivity index (χ2v) is 3.11. The summed E-state index contributed by atoms with van der Waals surface area (Å²) in [5.74, 6) is 0. The van der Waals surface area contributed by atoms with Crippen molar-refractivity contribution in [2.75, 3.05) is 0 Å². The van der Waals surface area contributed by atoms with Gasteiger partial charge >= 0.3 is 0 Å². The SMILES string of the molecule is CC=CC1(CCC)CC1. The van der Waals surface area contributed by atoms with Crippen LogP contribution in [0.2, 0.25) is 0 Å². The molecule has 1 rings (SSSR count). The Morgan fingerprint density at radius 1 is 1.44 bits per heavy atom. The third-order valence-corrected chi connectivity index (χ3v) is 2.16. The zero-order valence-corrected chi connectivity index (χ0v) is 6.48. The fraction of sp³-hybridized carbons (Fsp3) is 0.778. The van der Waals surface area contributed by atoms with Crippen molar-refractivity contribution in [1.82, 2.24) is 0 Å². The number of hydrogen-bond donors (Lipinski definition) is 0. The zero-order valence-electron chi connectivity index (χ0n) is 6.48. The monoisotopic (exact) mass is 124 g/mol. The average molecular weight is 124 g/mol. The molecule has 52 valence electrons. The topological polar surface area (TPSA) is 0 Å². The minimum atomic E-state index is 0.670. The molecule has 0 aromatic heterocycles. The molecule has 0 aromatic carbocycles. The number of allylic oxidation sites excluding steroid dienone is 2. The van der Waals surface area contributed by atoms with Gasteiger partial charge in [0.1, 0.15) is 0 Å². The lowest BCUT2D eigenvalue weighted by atomic mass is 10.0. The predicted octanol–water partition coefficient (Wildman–Crippen LogP) is 3.14. The molecule has 0 radical (unpaired) electrons. The lowest BCUT2D eigenvalue weighted by molar-refractivity contribution is 0.571. The van der Waals surface area contributed by atoms with E-state index in [2.05, 4.69) is 26.0 Å². The fourth-order valence-corrected chi connectivity index (χ4v) is 1.51.